The van der Waals surface area contributed by atoms with Gasteiger partial charge in [0.2, 0.25) is 11.8 Å². The first-order chi connectivity index (χ1) is 19.6. The Balaban J connectivity index is 1.41. The van der Waals surface area contributed by atoms with Crippen LogP contribution in [0.1, 0.15) is 74.7 Å². The Hall–Kier alpha value is -3.88. The minimum absolute atomic E-state index is 0.0168. The summed E-state index contributed by atoms with van der Waals surface area (Å²) in [7, 11) is 1.32. The predicted molar refractivity (Wildman–Crippen MR) is 155 cm³/mol. The molecule has 2 fully saturated rings. The van der Waals surface area contributed by atoms with Gasteiger partial charge in [-0.2, -0.15) is 0 Å². The molecule has 220 valence electrons. The minimum Gasteiger partial charge on any atom is -0.465 e. The summed E-state index contributed by atoms with van der Waals surface area (Å²) in [4.78, 5) is 53.1. The lowest BCUT2D eigenvalue weighted by atomic mass is 9.81. The van der Waals surface area contributed by atoms with Gasteiger partial charge in [0.1, 0.15) is 11.6 Å². The summed E-state index contributed by atoms with van der Waals surface area (Å²) in [5.41, 5.74) is 1.42. The van der Waals surface area contributed by atoms with Crippen LogP contribution in [-0.2, 0) is 19.1 Å². The van der Waals surface area contributed by atoms with Crippen LogP contribution < -0.4 is 10.6 Å². The fourth-order valence-corrected chi connectivity index (χ4v) is 5.83. The summed E-state index contributed by atoms with van der Waals surface area (Å²) in [6.45, 7) is 6.53. The van der Waals surface area contributed by atoms with E-state index in [0.29, 0.717) is 30.8 Å². The zero-order valence-corrected chi connectivity index (χ0v) is 24.4. The lowest BCUT2D eigenvalue weighted by molar-refractivity contribution is -0.141. The van der Waals surface area contributed by atoms with Gasteiger partial charge in [-0.05, 0) is 88.6 Å². The van der Waals surface area contributed by atoms with Gasteiger partial charge in [-0.1, -0.05) is 30.3 Å². The highest BCUT2D eigenvalue weighted by Crippen LogP contribution is 2.38. The summed E-state index contributed by atoms with van der Waals surface area (Å²) < 4.78 is 10.1. The van der Waals surface area contributed by atoms with Crippen LogP contribution >= 0.6 is 0 Å². The van der Waals surface area contributed by atoms with Crippen molar-refractivity contribution in [3.8, 4) is 0 Å². The molecule has 1 saturated heterocycles. The average molecular weight is 564 g/mol. The molecule has 41 heavy (non-hydrogen) atoms. The third-order valence-corrected chi connectivity index (χ3v) is 7.88. The van der Waals surface area contributed by atoms with Gasteiger partial charge in [0, 0.05) is 30.6 Å². The number of benzene rings is 2. The zero-order valence-electron chi connectivity index (χ0n) is 24.4. The van der Waals surface area contributed by atoms with Crippen molar-refractivity contribution in [2.45, 2.75) is 70.4 Å². The molecule has 4 rings (SSSR count). The summed E-state index contributed by atoms with van der Waals surface area (Å²) in [6, 6.07) is 15.7. The van der Waals surface area contributed by atoms with Crippen LogP contribution in [0.3, 0.4) is 0 Å². The van der Waals surface area contributed by atoms with Gasteiger partial charge in [0.05, 0.1) is 12.7 Å². The standard InChI is InChI=1S/C32H41N3O6/c1-32(2,3)41-31(39)33-20-21-10-12-23(13-11-21)29(37)35-19-18-26(22-8-6-5-7-9-22)27(35)28(36)34-25-16-14-24(15-17-25)30(38)40-4/h5-9,14-17,21,23,26-27H,10-13,18-20H2,1-4H3,(H,33,39)(H,34,36)/t21?,23?,26-,27?/m0/s1. The quantitative estimate of drug-likeness (QED) is 0.452. The Morgan fingerprint density at radius 1 is 0.902 bits per heavy atom. The number of carbonyl (C=O) groups excluding carboxylic acids is 4. The SMILES string of the molecule is COC(=O)c1ccc(NC(=O)C2[C@H](c3ccccc3)CCN2C(=O)C2CCC(CNC(=O)OC(C)(C)C)CC2)cc1. The first-order valence-corrected chi connectivity index (χ1v) is 14.4. The second-order valence-electron chi connectivity index (χ2n) is 11.9. The molecule has 0 bridgehead atoms. The van der Waals surface area contributed by atoms with Crippen LogP contribution in [0.25, 0.3) is 0 Å². The largest absolute Gasteiger partial charge is 0.465 e. The molecular formula is C32H41N3O6. The lowest BCUT2D eigenvalue weighted by Crippen LogP contribution is -2.48. The van der Waals surface area contributed by atoms with E-state index >= 15 is 0 Å². The molecule has 2 aromatic rings. The molecule has 1 heterocycles. The maximum atomic E-state index is 13.8. The van der Waals surface area contributed by atoms with E-state index in [1.54, 1.807) is 29.2 Å². The second kappa shape index (κ2) is 13.2. The average Bonchev–Trinajstić information content (AvgIpc) is 3.41. The van der Waals surface area contributed by atoms with Crippen LogP contribution in [0.4, 0.5) is 10.5 Å². The molecule has 1 unspecified atom stereocenters. The predicted octanol–water partition coefficient (Wildman–Crippen LogP) is 5.13. The van der Waals surface area contributed by atoms with Gasteiger partial charge >= 0.3 is 12.1 Å². The van der Waals surface area contributed by atoms with Crippen molar-refractivity contribution in [1.82, 2.24) is 10.2 Å². The van der Waals surface area contributed by atoms with Crippen LogP contribution in [0.5, 0.6) is 0 Å². The summed E-state index contributed by atoms with van der Waals surface area (Å²) in [5, 5.41) is 5.82. The van der Waals surface area contributed by atoms with Crippen LogP contribution in [0.2, 0.25) is 0 Å². The molecule has 2 aromatic carbocycles. The molecule has 9 heteroatoms. The smallest absolute Gasteiger partial charge is 0.407 e. The molecule has 2 atom stereocenters. The van der Waals surface area contributed by atoms with Crippen LogP contribution in [0.15, 0.2) is 54.6 Å². The molecule has 2 N–H and O–H groups in total. The van der Waals surface area contributed by atoms with Gasteiger partial charge < -0.3 is 25.0 Å². The number of nitrogens with one attached hydrogen (secondary N) is 2. The highest BCUT2D eigenvalue weighted by Gasteiger charge is 2.44. The normalized spacial score (nSPS) is 22.5. The highest BCUT2D eigenvalue weighted by atomic mass is 16.6. The van der Waals surface area contributed by atoms with Crippen molar-refractivity contribution in [2.24, 2.45) is 11.8 Å². The number of rotatable bonds is 7. The third kappa shape index (κ3) is 7.86. The van der Waals surface area contributed by atoms with Crippen molar-refractivity contribution in [2.75, 3.05) is 25.5 Å². The zero-order chi connectivity index (χ0) is 29.6. The fourth-order valence-electron chi connectivity index (χ4n) is 5.83. The Labute approximate surface area is 242 Å². The van der Waals surface area contributed by atoms with Gasteiger partial charge in [-0.25, -0.2) is 9.59 Å². The van der Waals surface area contributed by atoms with E-state index < -0.39 is 23.7 Å². The molecule has 0 spiro atoms. The molecular weight excluding hydrogens is 522 g/mol. The number of anilines is 1. The molecule has 1 aliphatic carbocycles. The maximum Gasteiger partial charge on any atom is 0.407 e. The number of nitrogens with zero attached hydrogens (tertiary/aromatic N) is 1. The molecule has 2 aliphatic rings. The number of likely N-dealkylation sites (tertiary alicyclic amines) is 1. The van der Waals surface area contributed by atoms with Crippen molar-refractivity contribution < 1.29 is 28.7 Å². The Bertz CT molecular complexity index is 1220. The van der Waals surface area contributed by atoms with E-state index in [4.69, 9.17) is 9.47 Å². The summed E-state index contributed by atoms with van der Waals surface area (Å²) >= 11 is 0. The molecule has 0 aromatic heterocycles. The summed E-state index contributed by atoms with van der Waals surface area (Å²) in [5.74, 6) is -0.668. The second-order valence-corrected chi connectivity index (χ2v) is 11.9. The van der Waals surface area contributed by atoms with Crippen LogP contribution in [-0.4, -0.2) is 60.6 Å². The fraction of sp³-hybridized carbons (Fsp3) is 0.500. The maximum absolute atomic E-state index is 13.8. The number of carbonyl (C=O) groups is 4. The highest BCUT2D eigenvalue weighted by molar-refractivity contribution is 5.99. The third-order valence-electron chi connectivity index (χ3n) is 7.88. The number of hydrogen-bond acceptors (Lipinski definition) is 6. The monoisotopic (exact) mass is 563 g/mol. The van der Waals surface area contributed by atoms with E-state index in [1.807, 2.05) is 51.1 Å². The molecule has 1 saturated carbocycles. The molecule has 9 nitrogen and oxygen atoms in total. The Morgan fingerprint density at radius 2 is 1.56 bits per heavy atom. The first kappa shape index (κ1) is 30.1. The van der Waals surface area contributed by atoms with E-state index in [1.165, 1.54) is 7.11 Å². The van der Waals surface area contributed by atoms with Crippen molar-refractivity contribution in [3.63, 3.8) is 0 Å². The summed E-state index contributed by atoms with van der Waals surface area (Å²) in [6.07, 6.45) is 3.36. The molecule has 0 radical (unpaired) electrons. The number of alkyl carbamates (subject to hydrolysis) is 1. The molecule has 1 aliphatic heterocycles. The van der Waals surface area contributed by atoms with E-state index in [-0.39, 0.29) is 29.6 Å². The number of esters is 1. The minimum atomic E-state index is -0.642. The van der Waals surface area contributed by atoms with Crippen molar-refractivity contribution in [1.29, 1.82) is 0 Å². The van der Waals surface area contributed by atoms with Gasteiger partial charge in [-0.3, -0.25) is 9.59 Å². The number of hydrogen-bond donors (Lipinski definition) is 2. The lowest BCUT2D eigenvalue weighted by Gasteiger charge is -2.34. The van der Waals surface area contributed by atoms with Gasteiger partial charge in [-0.15, -0.1) is 0 Å². The first-order valence-electron chi connectivity index (χ1n) is 14.4. The number of methoxy groups -OCH3 is 1. The van der Waals surface area contributed by atoms with Crippen molar-refractivity contribution in [3.05, 3.63) is 65.7 Å². The Kier molecular flexibility index (Phi) is 9.68. The van der Waals surface area contributed by atoms with Gasteiger partial charge in [0.25, 0.3) is 0 Å². The number of ether oxygens (including phenoxy) is 2. The van der Waals surface area contributed by atoms with Gasteiger partial charge in [0.15, 0.2) is 0 Å². The van der Waals surface area contributed by atoms with E-state index in [2.05, 4.69) is 10.6 Å². The Morgan fingerprint density at radius 3 is 2.17 bits per heavy atom. The topological polar surface area (TPSA) is 114 Å². The molecule has 3 amide bonds. The van der Waals surface area contributed by atoms with E-state index in [0.717, 1.165) is 31.2 Å². The number of amides is 3. The van der Waals surface area contributed by atoms with E-state index in [9.17, 15) is 19.2 Å². The van der Waals surface area contributed by atoms with Crippen molar-refractivity contribution >= 4 is 29.6 Å². The van der Waals surface area contributed by atoms with Crippen LogP contribution in [0, 0.1) is 11.8 Å².